The van der Waals surface area contributed by atoms with Crippen LogP contribution in [0, 0.1) is 6.92 Å². The van der Waals surface area contributed by atoms with Crippen molar-refractivity contribution in [2.75, 3.05) is 0 Å². The minimum Gasteiger partial charge on any atom is -0.0616 e. The van der Waals surface area contributed by atoms with Crippen LogP contribution in [-0.2, 0) is 0 Å². The summed E-state index contributed by atoms with van der Waals surface area (Å²) >= 11 is 0. The van der Waals surface area contributed by atoms with E-state index in [9.17, 15) is 0 Å². The average molecular weight is 419 g/mol. The molecular formula is C33H22. The van der Waals surface area contributed by atoms with Gasteiger partial charge in [0, 0.05) is 0 Å². The summed E-state index contributed by atoms with van der Waals surface area (Å²) in [6.07, 6.45) is 0. The lowest BCUT2D eigenvalue weighted by molar-refractivity contribution is 1.58. The zero-order chi connectivity index (χ0) is 21.9. The van der Waals surface area contributed by atoms with E-state index < -0.39 is 0 Å². The fourth-order valence-electron chi connectivity index (χ4n) is 5.72. The maximum atomic E-state index is 2.41. The second-order valence-corrected chi connectivity index (χ2v) is 8.94. The standard InChI is InChI=1S/C33H22/c1-21-23-10-2-8-16-30(23)33(31-17-9-3-11-24(21)31)22-18-19-29-27-14-5-4-12-25(27)26-13-6-7-15-28(26)32(29)20-22/h2-20H,1H3. The molecule has 154 valence electrons. The van der Waals surface area contributed by atoms with Crippen molar-refractivity contribution in [3.05, 3.63) is 121 Å². The maximum absolute atomic E-state index is 2.41. The van der Waals surface area contributed by atoms with Crippen molar-refractivity contribution < 1.29 is 0 Å². The van der Waals surface area contributed by atoms with Crippen LogP contribution in [0.3, 0.4) is 0 Å². The highest BCUT2D eigenvalue weighted by molar-refractivity contribution is 6.26. The van der Waals surface area contributed by atoms with E-state index >= 15 is 0 Å². The van der Waals surface area contributed by atoms with E-state index in [1.165, 1.54) is 70.6 Å². The van der Waals surface area contributed by atoms with Gasteiger partial charge in [0.1, 0.15) is 0 Å². The third-order valence-corrected chi connectivity index (χ3v) is 7.23. The largest absolute Gasteiger partial charge is 0.0616 e. The fourth-order valence-corrected chi connectivity index (χ4v) is 5.72. The van der Waals surface area contributed by atoms with Gasteiger partial charge < -0.3 is 0 Å². The highest BCUT2D eigenvalue weighted by Crippen LogP contribution is 2.42. The fraction of sp³-hybridized carbons (Fsp3) is 0.0303. The summed E-state index contributed by atoms with van der Waals surface area (Å²) < 4.78 is 0. The molecule has 0 radical (unpaired) electrons. The molecule has 0 aromatic heterocycles. The maximum Gasteiger partial charge on any atom is -0.00264 e. The monoisotopic (exact) mass is 418 g/mol. The summed E-state index contributed by atoms with van der Waals surface area (Å²) in [4.78, 5) is 0. The van der Waals surface area contributed by atoms with Gasteiger partial charge in [-0.1, -0.05) is 109 Å². The molecule has 0 saturated heterocycles. The van der Waals surface area contributed by atoms with Gasteiger partial charge in [-0.15, -0.1) is 0 Å². The van der Waals surface area contributed by atoms with E-state index in [-0.39, 0.29) is 0 Å². The van der Waals surface area contributed by atoms with Crippen LogP contribution in [0.15, 0.2) is 115 Å². The lowest BCUT2D eigenvalue weighted by Gasteiger charge is -2.17. The topological polar surface area (TPSA) is 0 Å². The minimum absolute atomic E-state index is 1.27. The molecular weight excluding hydrogens is 396 g/mol. The Morgan fingerprint density at radius 3 is 1.18 bits per heavy atom. The Labute approximate surface area is 192 Å². The van der Waals surface area contributed by atoms with Crippen LogP contribution in [0.1, 0.15) is 5.56 Å². The second kappa shape index (κ2) is 6.92. The third-order valence-electron chi connectivity index (χ3n) is 7.23. The van der Waals surface area contributed by atoms with Crippen molar-refractivity contribution in [1.82, 2.24) is 0 Å². The molecule has 0 heteroatoms. The lowest BCUT2D eigenvalue weighted by atomic mass is 9.87. The molecule has 7 aromatic rings. The molecule has 0 unspecified atom stereocenters. The van der Waals surface area contributed by atoms with Crippen molar-refractivity contribution >= 4 is 53.9 Å². The van der Waals surface area contributed by atoms with E-state index in [2.05, 4.69) is 122 Å². The number of fused-ring (bicyclic) bond motifs is 8. The van der Waals surface area contributed by atoms with Gasteiger partial charge in [0.05, 0.1) is 0 Å². The summed E-state index contributed by atoms with van der Waals surface area (Å²) in [5, 5.41) is 13.2. The summed E-state index contributed by atoms with van der Waals surface area (Å²) in [6.45, 7) is 2.24. The average Bonchev–Trinajstić information content (AvgIpc) is 2.89. The SMILES string of the molecule is Cc1c2ccccc2c(-c2ccc3c4ccccc4c4ccccc4c3c2)c2ccccc12. The zero-order valence-electron chi connectivity index (χ0n) is 18.5. The molecule has 0 bridgehead atoms. The second-order valence-electron chi connectivity index (χ2n) is 8.94. The Morgan fingerprint density at radius 2 is 0.697 bits per heavy atom. The number of aryl methyl sites for hydroxylation is 1. The molecule has 0 spiro atoms. The molecule has 0 aliphatic rings. The first kappa shape index (κ1) is 18.4. The van der Waals surface area contributed by atoms with Crippen molar-refractivity contribution in [2.45, 2.75) is 6.92 Å². The quantitative estimate of drug-likeness (QED) is 0.184. The molecule has 7 aromatic carbocycles. The lowest BCUT2D eigenvalue weighted by Crippen LogP contribution is -1.90. The zero-order valence-corrected chi connectivity index (χ0v) is 18.5. The summed E-state index contributed by atoms with van der Waals surface area (Å²) in [7, 11) is 0. The van der Waals surface area contributed by atoms with E-state index in [4.69, 9.17) is 0 Å². The van der Waals surface area contributed by atoms with Gasteiger partial charge in [-0.2, -0.15) is 0 Å². The van der Waals surface area contributed by atoms with E-state index in [1.54, 1.807) is 0 Å². The van der Waals surface area contributed by atoms with Gasteiger partial charge >= 0.3 is 0 Å². The first-order valence-electron chi connectivity index (χ1n) is 11.5. The highest BCUT2D eigenvalue weighted by Gasteiger charge is 2.15. The van der Waals surface area contributed by atoms with E-state index in [0.29, 0.717) is 0 Å². The van der Waals surface area contributed by atoms with Crippen LogP contribution in [-0.4, -0.2) is 0 Å². The van der Waals surface area contributed by atoms with Crippen molar-refractivity contribution in [2.24, 2.45) is 0 Å². The predicted octanol–water partition coefficient (Wildman–Crippen LogP) is 9.43. The van der Waals surface area contributed by atoms with Crippen LogP contribution in [0.2, 0.25) is 0 Å². The number of hydrogen-bond donors (Lipinski definition) is 0. The predicted molar refractivity (Wildman–Crippen MR) is 144 cm³/mol. The van der Waals surface area contributed by atoms with Gasteiger partial charge in [-0.05, 0) is 83.5 Å². The Morgan fingerprint density at radius 1 is 0.333 bits per heavy atom. The number of benzene rings is 7. The van der Waals surface area contributed by atoms with Crippen molar-refractivity contribution in [3.63, 3.8) is 0 Å². The Hall–Kier alpha value is -4.16. The molecule has 0 nitrogen and oxygen atoms in total. The molecule has 7 rings (SSSR count). The van der Waals surface area contributed by atoms with Gasteiger partial charge in [0.25, 0.3) is 0 Å². The van der Waals surface area contributed by atoms with Gasteiger partial charge in [-0.25, -0.2) is 0 Å². The third kappa shape index (κ3) is 2.58. The molecule has 0 fully saturated rings. The number of rotatable bonds is 1. The summed E-state index contributed by atoms with van der Waals surface area (Å²) in [6, 6.07) is 42.3. The van der Waals surface area contributed by atoms with Crippen molar-refractivity contribution in [1.29, 1.82) is 0 Å². The molecule has 0 aliphatic heterocycles. The molecule has 33 heavy (non-hydrogen) atoms. The van der Waals surface area contributed by atoms with Gasteiger partial charge in [-0.3, -0.25) is 0 Å². The normalized spacial score (nSPS) is 11.8. The van der Waals surface area contributed by atoms with E-state index in [1.807, 2.05) is 0 Å². The minimum atomic E-state index is 1.27. The molecule has 0 aliphatic carbocycles. The molecule has 0 atom stereocenters. The van der Waals surface area contributed by atoms with Crippen molar-refractivity contribution in [3.8, 4) is 11.1 Å². The summed E-state index contributed by atoms with van der Waals surface area (Å²) in [5.41, 5.74) is 3.95. The Bertz CT molecular complexity index is 1780. The molecule has 0 N–H and O–H groups in total. The van der Waals surface area contributed by atoms with Gasteiger partial charge in [0.15, 0.2) is 0 Å². The first-order valence-corrected chi connectivity index (χ1v) is 11.5. The van der Waals surface area contributed by atoms with Crippen LogP contribution in [0.5, 0.6) is 0 Å². The van der Waals surface area contributed by atoms with E-state index in [0.717, 1.165) is 0 Å². The summed E-state index contributed by atoms with van der Waals surface area (Å²) in [5.74, 6) is 0. The van der Waals surface area contributed by atoms with Crippen LogP contribution in [0.4, 0.5) is 0 Å². The molecule has 0 amide bonds. The first-order chi connectivity index (χ1) is 16.3. The number of hydrogen-bond acceptors (Lipinski definition) is 0. The highest BCUT2D eigenvalue weighted by atomic mass is 14.2. The van der Waals surface area contributed by atoms with Gasteiger partial charge in [0.2, 0.25) is 0 Å². The Kier molecular flexibility index (Phi) is 3.86. The molecule has 0 saturated carbocycles. The smallest absolute Gasteiger partial charge is 0.00264 e. The van der Waals surface area contributed by atoms with Crippen LogP contribution >= 0.6 is 0 Å². The Balaban J connectivity index is 1.68. The molecule has 0 heterocycles. The van der Waals surface area contributed by atoms with Crippen LogP contribution in [0.25, 0.3) is 65.0 Å². The van der Waals surface area contributed by atoms with Crippen LogP contribution < -0.4 is 0 Å².